The standard InChI is InChI=1S/C12H13NO2/c1-8-6-9(2)12(15-10(3)14)7-11(8)4-5-13/h6-7H,4H2,1-3H3. The monoisotopic (exact) mass is 203 g/mol. The highest BCUT2D eigenvalue weighted by atomic mass is 16.5. The molecule has 0 saturated heterocycles. The van der Waals surface area contributed by atoms with Gasteiger partial charge in [0.25, 0.3) is 0 Å². The van der Waals surface area contributed by atoms with Gasteiger partial charge < -0.3 is 4.74 Å². The molecule has 0 aliphatic heterocycles. The first kappa shape index (κ1) is 11.3. The van der Waals surface area contributed by atoms with Crippen LogP contribution in [0.2, 0.25) is 0 Å². The molecule has 0 aliphatic carbocycles. The maximum Gasteiger partial charge on any atom is 0.308 e. The number of rotatable bonds is 2. The summed E-state index contributed by atoms with van der Waals surface area (Å²) in [5.74, 6) is 0.197. The molecule has 15 heavy (non-hydrogen) atoms. The number of nitrogens with zero attached hydrogens (tertiary/aromatic N) is 1. The van der Waals surface area contributed by atoms with Crippen LogP contribution in [0.5, 0.6) is 5.75 Å². The lowest BCUT2D eigenvalue weighted by atomic mass is 10.0. The van der Waals surface area contributed by atoms with Gasteiger partial charge in [-0.25, -0.2) is 0 Å². The van der Waals surface area contributed by atoms with E-state index < -0.39 is 0 Å². The van der Waals surface area contributed by atoms with Crippen molar-refractivity contribution in [2.45, 2.75) is 27.2 Å². The molecule has 1 aromatic rings. The van der Waals surface area contributed by atoms with Gasteiger partial charge in [0.2, 0.25) is 0 Å². The van der Waals surface area contributed by atoms with Crippen LogP contribution in [-0.2, 0) is 11.2 Å². The summed E-state index contributed by atoms with van der Waals surface area (Å²) >= 11 is 0. The molecule has 0 aliphatic rings. The van der Waals surface area contributed by atoms with E-state index in [9.17, 15) is 4.79 Å². The maximum absolute atomic E-state index is 10.8. The van der Waals surface area contributed by atoms with Gasteiger partial charge in [-0.1, -0.05) is 6.07 Å². The highest BCUT2D eigenvalue weighted by Gasteiger charge is 2.07. The smallest absolute Gasteiger partial charge is 0.308 e. The molecule has 0 spiro atoms. The molecule has 78 valence electrons. The number of carbonyl (C=O) groups is 1. The minimum Gasteiger partial charge on any atom is -0.426 e. The molecule has 3 nitrogen and oxygen atoms in total. The maximum atomic E-state index is 10.8. The van der Waals surface area contributed by atoms with Crippen molar-refractivity contribution in [3.05, 3.63) is 28.8 Å². The Bertz CT molecular complexity index is 430. The van der Waals surface area contributed by atoms with E-state index in [-0.39, 0.29) is 5.97 Å². The second-order valence-electron chi connectivity index (χ2n) is 3.47. The van der Waals surface area contributed by atoms with E-state index in [4.69, 9.17) is 10.00 Å². The third-order valence-electron chi connectivity index (χ3n) is 2.16. The Morgan fingerprint density at radius 2 is 2.07 bits per heavy atom. The van der Waals surface area contributed by atoms with Crippen LogP contribution in [0, 0.1) is 25.2 Å². The van der Waals surface area contributed by atoms with Gasteiger partial charge in [0.05, 0.1) is 12.5 Å². The molecule has 1 aromatic carbocycles. The summed E-state index contributed by atoms with van der Waals surface area (Å²) < 4.78 is 5.04. The Morgan fingerprint density at radius 3 is 2.60 bits per heavy atom. The molecule has 0 fully saturated rings. The van der Waals surface area contributed by atoms with Crippen molar-refractivity contribution < 1.29 is 9.53 Å². The van der Waals surface area contributed by atoms with Crippen molar-refractivity contribution in [1.29, 1.82) is 5.26 Å². The van der Waals surface area contributed by atoms with Crippen LogP contribution in [0.4, 0.5) is 0 Å². The van der Waals surface area contributed by atoms with Gasteiger partial charge >= 0.3 is 5.97 Å². The van der Waals surface area contributed by atoms with Gasteiger partial charge in [-0.2, -0.15) is 5.26 Å². The van der Waals surface area contributed by atoms with Crippen molar-refractivity contribution in [3.8, 4) is 11.8 Å². The lowest BCUT2D eigenvalue weighted by Gasteiger charge is -2.09. The number of nitriles is 1. The SMILES string of the molecule is CC(=O)Oc1cc(CC#N)c(C)cc1C. The summed E-state index contributed by atoms with van der Waals surface area (Å²) in [6.07, 6.45) is 0.334. The van der Waals surface area contributed by atoms with Crippen molar-refractivity contribution in [1.82, 2.24) is 0 Å². The van der Waals surface area contributed by atoms with Gasteiger partial charge in [0.15, 0.2) is 0 Å². The number of ether oxygens (including phenoxy) is 1. The Kier molecular flexibility index (Phi) is 3.46. The van der Waals surface area contributed by atoms with E-state index in [2.05, 4.69) is 6.07 Å². The Morgan fingerprint density at radius 1 is 1.40 bits per heavy atom. The number of benzene rings is 1. The molecule has 0 saturated carbocycles. The third-order valence-corrected chi connectivity index (χ3v) is 2.16. The molecule has 0 aromatic heterocycles. The molecule has 0 radical (unpaired) electrons. The van der Waals surface area contributed by atoms with Gasteiger partial charge in [0.1, 0.15) is 5.75 Å². The van der Waals surface area contributed by atoms with Gasteiger partial charge in [0, 0.05) is 6.92 Å². The number of aryl methyl sites for hydroxylation is 2. The second-order valence-corrected chi connectivity index (χ2v) is 3.47. The van der Waals surface area contributed by atoms with Gasteiger partial charge in [-0.05, 0) is 36.6 Å². The summed E-state index contributed by atoms with van der Waals surface area (Å²) in [5.41, 5.74) is 2.86. The van der Waals surface area contributed by atoms with Crippen LogP contribution in [0.3, 0.4) is 0 Å². The van der Waals surface area contributed by atoms with Gasteiger partial charge in [-0.15, -0.1) is 0 Å². The molecule has 0 N–H and O–H groups in total. The second kappa shape index (κ2) is 4.61. The van der Waals surface area contributed by atoms with E-state index in [1.54, 1.807) is 6.07 Å². The largest absolute Gasteiger partial charge is 0.426 e. The fraction of sp³-hybridized carbons (Fsp3) is 0.333. The fourth-order valence-electron chi connectivity index (χ4n) is 1.41. The molecule has 1 rings (SSSR count). The zero-order chi connectivity index (χ0) is 11.4. The number of carbonyl (C=O) groups excluding carboxylic acids is 1. The minimum atomic E-state index is -0.343. The van der Waals surface area contributed by atoms with Crippen LogP contribution in [0.15, 0.2) is 12.1 Å². The zero-order valence-corrected chi connectivity index (χ0v) is 9.13. The van der Waals surface area contributed by atoms with E-state index in [0.717, 1.165) is 16.7 Å². The first-order valence-corrected chi connectivity index (χ1v) is 4.70. The van der Waals surface area contributed by atoms with Crippen molar-refractivity contribution >= 4 is 5.97 Å². The average molecular weight is 203 g/mol. The van der Waals surface area contributed by atoms with Crippen molar-refractivity contribution in [2.75, 3.05) is 0 Å². The number of hydrogen-bond donors (Lipinski definition) is 0. The predicted octanol–water partition coefficient (Wildman–Crippen LogP) is 2.29. The third kappa shape index (κ3) is 2.81. The first-order chi connectivity index (χ1) is 7.04. The summed E-state index contributed by atoms with van der Waals surface area (Å²) in [6.45, 7) is 5.18. The summed E-state index contributed by atoms with van der Waals surface area (Å²) in [7, 11) is 0. The number of esters is 1. The van der Waals surface area contributed by atoms with E-state index >= 15 is 0 Å². The highest BCUT2D eigenvalue weighted by Crippen LogP contribution is 2.23. The first-order valence-electron chi connectivity index (χ1n) is 4.70. The van der Waals surface area contributed by atoms with Crippen LogP contribution in [0.25, 0.3) is 0 Å². The average Bonchev–Trinajstić information content (AvgIpc) is 2.12. The molecule has 0 amide bonds. The molecule has 0 atom stereocenters. The topological polar surface area (TPSA) is 50.1 Å². The van der Waals surface area contributed by atoms with Crippen LogP contribution in [-0.4, -0.2) is 5.97 Å². The summed E-state index contributed by atoms with van der Waals surface area (Å²) in [4.78, 5) is 10.8. The van der Waals surface area contributed by atoms with Crippen LogP contribution >= 0.6 is 0 Å². The Labute approximate surface area is 89.3 Å². The predicted molar refractivity (Wildman–Crippen MR) is 56.5 cm³/mol. The molecule has 0 unspecified atom stereocenters. The lowest BCUT2D eigenvalue weighted by Crippen LogP contribution is -2.04. The molecule has 3 heteroatoms. The molecular weight excluding hydrogens is 190 g/mol. The van der Waals surface area contributed by atoms with E-state index in [1.807, 2.05) is 19.9 Å². The quantitative estimate of drug-likeness (QED) is 0.547. The normalized spacial score (nSPS) is 9.47. The fourth-order valence-corrected chi connectivity index (χ4v) is 1.41. The van der Waals surface area contributed by atoms with Crippen LogP contribution < -0.4 is 4.74 Å². The minimum absolute atomic E-state index is 0.334. The zero-order valence-electron chi connectivity index (χ0n) is 9.13. The molecular formula is C12H13NO2. The van der Waals surface area contributed by atoms with Crippen LogP contribution in [0.1, 0.15) is 23.6 Å². The lowest BCUT2D eigenvalue weighted by molar-refractivity contribution is -0.131. The summed E-state index contributed by atoms with van der Waals surface area (Å²) in [6, 6.07) is 5.77. The Balaban J connectivity index is 3.12. The van der Waals surface area contributed by atoms with Gasteiger partial charge in [-0.3, -0.25) is 4.79 Å². The van der Waals surface area contributed by atoms with E-state index in [1.165, 1.54) is 6.92 Å². The van der Waals surface area contributed by atoms with E-state index in [0.29, 0.717) is 12.2 Å². The van der Waals surface area contributed by atoms with Crippen molar-refractivity contribution in [2.24, 2.45) is 0 Å². The Hall–Kier alpha value is -1.82. The highest BCUT2D eigenvalue weighted by molar-refractivity contribution is 5.70. The summed E-state index contributed by atoms with van der Waals surface area (Å²) in [5, 5.41) is 8.63. The van der Waals surface area contributed by atoms with Crippen molar-refractivity contribution in [3.63, 3.8) is 0 Å². The number of hydrogen-bond acceptors (Lipinski definition) is 3. The molecule has 0 heterocycles. The molecule has 0 bridgehead atoms.